The zero-order valence-electron chi connectivity index (χ0n) is 19.8. The molecule has 0 saturated carbocycles. The largest absolute Gasteiger partial charge is 0.494 e. The van der Waals surface area contributed by atoms with Crippen LogP contribution in [0.25, 0.3) is 17.1 Å². The van der Waals surface area contributed by atoms with Crippen LogP contribution < -0.4 is 14.2 Å². The quantitative estimate of drug-likeness (QED) is 0.344. The smallest absolute Gasteiger partial charge is 0.239 e. The van der Waals surface area contributed by atoms with Gasteiger partial charge in [-0.1, -0.05) is 19.9 Å². The van der Waals surface area contributed by atoms with Crippen LogP contribution in [0.3, 0.4) is 0 Å². The Morgan fingerprint density at radius 1 is 0.941 bits per heavy atom. The Hall–Kier alpha value is -3.66. The Balaban J connectivity index is 1.70. The molecule has 0 bridgehead atoms. The third kappa shape index (κ3) is 4.81. The molecule has 0 fully saturated rings. The van der Waals surface area contributed by atoms with Crippen molar-refractivity contribution >= 4 is 17.9 Å². The number of hydrogen-bond donors (Lipinski definition) is 1. The van der Waals surface area contributed by atoms with Crippen molar-refractivity contribution in [2.45, 2.75) is 31.9 Å². The molecule has 0 saturated heterocycles. The number of nitrogens with one attached hydrogen (secondary N) is 1. The molecule has 176 valence electrons. The van der Waals surface area contributed by atoms with Crippen LogP contribution in [0.2, 0.25) is 0 Å². The van der Waals surface area contributed by atoms with Crippen molar-refractivity contribution in [3.05, 3.63) is 66.5 Å². The average Bonchev–Trinajstić information content (AvgIpc) is 3.30. The van der Waals surface area contributed by atoms with Gasteiger partial charge in [0.2, 0.25) is 5.95 Å². The van der Waals surface area contributed by atoms with E-state index in [0.29, 0.717) is 29.0 Å². The Morgan fingerprint density at radius 3 is 2.26 bits per heavy atom. The summed E-state index contributed by atoms with van der Waals surface area (Å²) in [5, 5.41) is 9.06. The van der Waals surface area contributed by atoms with Crippen LogP contribution in [-0.4, -0.2) is 49.2 Å². The number of pyridine rings is 1. The Labute approximate surface area is 203 Å². The highest BCUT2D eigenvalue weighted by Crippen LogP contribution is 2.38. The molecule has 2 unspecified atom stereocenters. The molecule has 10 heteroatoms. The molecule has 4 rings (SSSR count). The predicted octanol–water partition coefficient (Wildman–Crippen LogP) is 4.70. The SMILES string of the molecule is COc1cccc(OC)c1-n1c(NSC(C)C(C)c2ncc(C)cn2)nnc1-c1cccnc1. The fourth-order valence-electron chi connectivity index (χ4n) is 3.39. The molecule has 9 nitrogen and oxygen atoms in total. The maximum absolute atomic E-state index is 5.67. The van der Waals surface area contributed by atoms with Crippen molar-refractivity contribution in [1.82, 2.24) is 29.7 Å². The number of nitrogens with zero attached hydrogens (tertiary/aromatic N) is 6. The first-order chi connectivity index (χ1) is 16.5. The van der Waals surface area contributed by atoms with Crippen molar-refractivity contribution in [1.29, 1.82) is 0 Å². The maximum atomic E-state index is 5.67. The van der Waals surface area contributed by atoms with Crippen LogP contribution in [0, 0.1) is 6.92 Å². The van der Waals surface area contributed by atoms with Crippen LogP contribution in [0.1, 0.15) is 31.2 Å². The van der Waals surface area contributed by atoms with E-state index in [9.17, 15) is 0 Å². The lowest BCUT2D eigenvalue weighted by Gasteiger charge is -2.20. The van der Waals surface area contributed by atoms with Gasteiger partial charge in [-0.25, -0.2) is 9.97 Å². The second kappa shape index (κ2) is 10.5. The first-order valence-electron chi connectivity index (χ1n) is 10.8. The molecular formula is C24H27N7O2S. The van der Waals surface area contributed by atoms with E-state index in [1.54, 1.807) is 26.6 Å². The second-order valence-electron chi connectivity index (χ2n) is 7.77. The summed E-state index contributed by atoms with van der Waals surface area (Å²) in [6, 6.07) is 9.43. The van der Waals surface area contributed by atoms with Crippen molar-refractivity contribution in [3.8, 4) is 28.6 Å². The summed E-state index contributed by atoms with van der Waals surface area (Å²) in [6.45, 7) is 6.21. The van der Waals surface area contributed by atoms with E-state index < -0.39 is 0 Å². The average molecular weight is 478 g/mol. The first kappa shape index (κ1) is 23.5. The minimum Gasteiger partial charge on any atom is -0.494 e. The molecule has 2 atom stereocenters. The van der Waals surface area contributed by atoms with Gasteiger partial charge in [-0.15, -0.1) is 10.2 Å². The summed E-state index contributed by atoms with van der Waals surface area (Å²) >= 11 is 1.53. The Morgan fingerprint density at radius 2 is 1.65 bits per heavy atom. The third-order valence-corrected chi connectivity index (χ3v) is 6.54. The molecule has 3 aromatic heterocycles. The van der Waals surface area contributed by atoms with Crippen LogP contribution in [0.5, 0.6) is 11.5 Å². The van der Waals surface area contributed by atoms with Crippen LogP contribution in [-0.2, 0) is 0 Å². The number of rotatable bonds is 9. The number of aryl methyl sites for hydroxylation is 1. The molecule has 0 aliphatic heterocycles. The van der Waals surface area contributed by atoms with Gasteiger partial charge in [0.05, 0.1) is 14.2 Å². The van der Waals surface area contributed by atoms with E-state index in [2.05, 4.69) is 43.7 Å². The third-order valence-electron chi connectivity index (χ3n) is 5.46. The van der Waals surface area contributed by atoms with E-state index in [-0.39, 0.29) is 11.2 Å². The highest BCUT2D eigenvalue weighted by molar-refractivity contribution is 8.01. The molecular weight excluding hydrogens is 450 g/mol. The Kier molecular flexibility index (Phi) is 7.27. The summed E-state index contributed by atoms with van der Waals surface area (Å²) in [7, 11) is 3.25. The number of aromatic nitrogens is 6. The van der Waals surface area contributed by atoms with Gasteiger partial charge in [-0.2, -0.15) is 0 Å². The molecule has 0 spiro atoms. The number of ether oxygens (including phenoxy) is 2. The van der Waals surface area contributed by atoms with E-state index in [1.165, 1.54) is 11.9 Å². The van der Waals surface area contributed by atoms with E-state index in [1.807, 2.05) is 54.2 Å². The fraction of sp³-hybridized carbons (Fsp3) is 0.292. The van der Waals surface area contributed by atoms with Crippen LogP contribution in [0.15, 0.2) is 55.1 Å². The summed E-state index contributed by atoms with van der Waals surface area (Å²) in [4.78, 5) is 13.2. The highest BCUT2D eigenvalue weighted by Gasteiger charge is 2.24. The number of para-hydroxylation sites is 1. The van der Waals surface area contributed by atoms with Gasteiger partial charge in [0.25, 0.3) is 0 Å². The Bertz CT molecular complexity index is 1210. The molecule has 1 N–H and O–H groups in total. The minimum atomic E-state index is 0.119. The van der Waals surface area contributed by atoms with E-state index in [0.717, 1.165) is 17.0 Å². The van der Waals surface area contributed by atoms with Gasteiger partial charge < -0.3 is 9.47 Å². The van der Waals surface area contributed by atoms with Gasteiger partial charge >= 0.3 is 0 Å². The molecule has 0 radical (unpaired) electrons. The van der Waals surface area contributed by atoms with Crippen molar-refractivity contribution < 1.29 is 9.47 Å². The molecule has 0 aliphatic rings. The van der Waals surface area contributed by atoms with Crippen molar-refractivity contribution in [2.75, 3.05) is 18.9 Å². The van der Waals surface area contributed by atoms with Gasteiger partial charge in [-0.05, 0) is 48.7 Å². The maximum Gasteiger partial charge on any atom is 0.239 e. The van der Waals surface area contributed by atoms with Crippen LogP contribution >= 0.6 is 11.9 Å². The van der Waals surface area contributed by atoms with Gasteiger partial charge in [0.15, 0.2) is 5.82 Å². The molecule has 0 amide bonds. The zero-order valence-corrected chi connectivity index (χ0v) is 20.6. The molecule has 1 aromatic carbocycles. The molecule has 34 heavy (non-hydrogen) atoms. The van der Waals surface area contributed by atoms with Crippen LogP contribution in [0.4, 0.5) is 5.95 Å². The summed E-state index contributed by atoms with van der Waals surface area (Å²) in [5.41, 5.74) is 2.55. The van der Waals surface area contributed by atoms with Crippen molar-refractivity contribution in [2.24, 2.45) is 0 Å². The predicted molar refractivity (Wildman–Crippen MR) is 134 cm³/mol. The normalized spacial score (nSPS) is 12.7. The summed E-state index contributed by atoms with van der Waals surface area (Å²) in [6.07, 6.45) is 7.15. The molecule has 0 aliphatic carbocycles. The number of anilines is 1. The molecule has 4 aromatic rings. The molecule has 3 heterocycles. The van der Waals surface area contributed by atoms with Gasteiger partial charge in [-0.3, -0.25) is 14.3 Å². The topological polar surface area (TPSA) is 99.9 Å². The number of hydrogen-bond acceptors (Lipinski definition) is 9. The zero-order chi connectivity index (χ0) is 24.1. The van der Waals surface area contributed by atoms with Crippen molar-refractivity contribution in [3.63, 3.8) is 0 Å². The lowest BCUT2D eigenvalue weighted by molar-refractivity contribution is 0.391. The van der Waals surface area contributed by atoms with Gasteiger partial charge in [0.1, 0.15) is 23.0 Å². The fourth-order valence-corrected chi connectivity index (χ4v) is 4.14. The summed E-state index contributed by atoms with van der Waals surface area (Å²) in [5.74, 6) is 3.33. The lowest BCUT2D eigenvalue weighted by atomic mass is 10.1. The van der Waals surface area contributed by atoms with E-state index >= 15 is 0 Å². The van der Waals surface area contributed by atoms with E-state index in [4.69, 9.17) is 9.47 Å². The summed E-state index contributed by atoms with van der Waals surface area (Å²) < 4.78 is 16.6. The standard InChI is InChI=1S/C24H27N7O2S/c1-15-12-26-22(27-13-15)16(2)17(3)34-30-24-29-28-23(18-8-7-11-25-14-18)31(24)21-19(32-4)9-6-10-20(21)33-5/h6-14,16-17H,1-5H3,(H,29,30). The number of benzene rings is 1. The monoisotopic (exact) mass is 477 g/mol. The van der Waals surface area contributed by atoms with Gasteiger partial charge in [0, 0.05) is 41.5 Å². The first-order valence-corrected chi connectivity index (χ1v) is 11.7. The second-order valence-corrected chi connectivity index (χ2v) is 8.95. The lowest BCUT2D eigenvalue weighted by Crippen LogP contribution is -2.15. The highest BCUT2D eigenvalue weighted by atomic mass is 32.2. The number of methoxy groups -OCH3 is 2. The minimum absolute atomic E-state index is 0.119.